The van der Waals surface area contributed by atoms with E-state index in [1.165, 1.54) is 19.4 Å². The number of carbonyl (C=O) groups excluding carboxylic acids is 1. The first-order chi connectivity index (χ1) is 19.7. The highest BCUT2D eigenvalue weighted by molar-refractivity contribution is 7.92. The van der Waals surface area contributed by atoms with E-state index in [2.05, 4.69) is 14.9 Å². The third kappa shape index (κ3) is 5.57. The summed E-state index contributed by atoms with van der Waals surface area (Å²) in [7, 11) is -0.893. The minimum atomic E-state index is -4.08. The number of hydrogen-bond acceptors (Lipinski definition) is 8. The zero-order valence-electron chi connectivity index (χ0n) is 22.9. The third-order valence-electron chi connectivity index (χ3n) is 6.73. The van der Waals surface area contributed by atoms with Crippen molar-refractivity contribution in [3.05, 3.63) is 102 Å². The molecule has 0 fully saturated rings. The summed E-state index contributed by atoms with van der Waals surface area (Å²) in [5.41, 5.74) is 4.01. The fourth-order valence-electron chi connectivity index (χ4n) is 4.45. The van der Waals surface area contributed by atoms with Crippen LogP contribution in [-0.2, 0) is 16.6 Å². The van der Waals surface area contributed by atoms with Crippen molar-refractivity contribution in [3.63, 3.8) is 0 Å². The number of nitrogens with one attached hydrogen (secondary N) is 1. The number of rotatable bonds is 9. The number of benzene rings is 3. The highest BCUT2D eigenvalue weighted by atomic mass is 32.2. The van der Waals surface area contributed by atoms with E-state index >= 15 is 0 Å². The zero-order valence-corrected chi connectivity index (χ0v) is 23.7. The van der Waals surface area contributed by atoms with Crippen molar-refractivity contribution in [1.29, 1.82) is 0 Å². The van der Waals surface area contributed by atoms with Gasteiger partial charge >= 0.3 is 0 Å². The average Bonchev–Trinajstić information content (AvgIpc) is 3.63. The number of aryl methyl sites for hydroxylation is 1. The Morgan fingerprint density at radius 2 is 1.78 bits per heavy atom. The van der Waals surface area contributed by atoms with Crippen LogP contribution in [0.4, 0.5) is 5.88 Å². The van der Waals surface area contributed by atoms with Crippen LogP contribution in [0.15, 0.2) is 93.0 Å². The van der Waals surface area contributed by atoms with Gasteiger partial charge in [-0.25, -0.2) is 18.1 Å². The highest BCUT2D eigenvalue weighted by Gasteiger charge is 2.25. The summed E-state index contributed by atoms with van der Waals surface area (Å²) in [5, 5.41) is 3.85. The second kappa shape index (κ2) is 11.3. The van der Waals surface area contributed by atoms with Gasteiger partial charge in [0.1, 0.15) is 12.0 Å². The van der Waals surface area contributed by atoms with Gasteiger partial charge < -0.3 is 18.6 Å². The maximum absolute atomic E-state index is 13.6. The molecule has 2 aromatic heterocycles. The van der Waals surface area contributed by atoms with Crippen LogP contribution < -0.4 is 9.46 Å². The number of oxazole rings is 1. The zero-order chi connectivity index (χ0) is 29.1. The number of aromatic nitrogens is 2. The van der Waals surface area contributed by atoms with Crippen LogP contribution in [0.25, 0.3) is 22.6 Å². The van der Waals surface area contributed by atoms with Crippen LogP contribution in [0.2, 0.25) is 0 Å². The van der Waals surface area contributed by atoms with Gasteiger partial charge in [0.2, 0.25) is 11.8 Å². The molecular formula is C30H28N4O6S. The Balaban J connectivity index is 1.58. The van der Waals surface area contributed by atoms with Gasteiger partial charge in [-0.3, -0.25) is 4.79 Å². The minimum absolute atomic E-state index is 0.0392. The summed E-state index contributed by atoms with van der Waals surface area (Å²) in [4.78, 5) is 19.3. The van der Waals surface area contributed by atoms with Crippen LogP contribution in [-0.4, -0.2) is 43.5 Å². The molecule has 11 heteroatoms. The van der Waals surface area contributed by atoms with Crippen molar-refractivity contribution in [2.75, 3.05) is 18.9 Å². The molecule has 0 radical (unpaired) electrons. The lowest BCUT2D eigenvalue weighted by molar-refractivity contribution is 0.0782. The van der Waals surface area contributed by atoms with Gasteiger partial charge in [-0.2, -0.15) is 0 Å². The second-order valence-corrected chi connectivity index (χ2v) is 11.0. The van der Waals surface area contributed by atoms with Gasteiger partial charge in [-0.05, 0) is 55.3 Å². The number of sulfonamides is 1. The first-order valence-corrected chi connectivity index (χ1v) is 14.1. The van der Waals surface area contributed by atoms with Crippen molar-refractivity contribution in [2.45, 2.75) is 25.3 Å². The van der Waals surface area contributed by atoms with Crippen LogP contribution >= 0.6 is 0 Å². The molecule has 0 aliphatic rings. The van der Waals surface area contributed by atoms with Crippen molar-refractivity contribution in [2.24, 2.45) is 0 Å². The number of anilines is 1. The van der Waals surface area contributed by atoms with E-state index in [0.717, 1.165) is 0 Å². The Bertz CT molecular complexity index is 1810. The number of hydrogen-bond donors (Lipinski definition) is 1. The van der Waals surface area contributed by atoms with Crippen LogP contribution in [0, 0.1) is 13.8 Å². The summed E-state index contributed by atoms with van der Waals surface area (Å²) >= 11 is 0. The van der Waals surface area contributed by atoms with E-state index < -0.39 is 10.0 Å². The lowest BCUT2D eigenvalue weighted by Gasteiger charge is -2.22. The molecule has 0 aliphatic carbocycles. The summed E-state index contributed by atoms with van der Waals surface area (Å²) in [6, 6.07) is 19.1. The van der Waals surface area contributed by atoms with E-state index in [0.29, 0.717) is 50.7 Å². The molecule has 3 aromatic carbocycles. The third-order valence-corrected chi connectivity index (χ3v) is 8.12. The lowest BCUT2D eigenvalue weighted by Crippen LogP contribution is -2.27. The van der Waals surface area contributed by atoms with Gasteiger partial charge in [0.25, 0.3) is 15.9 Å². The number of para-hydroxylation sites is 1. The lowest BCUT2D eigenvalue weighted by atomic mass is 9.96. The predicted octanol–water partition coefficient (Wildman–Crippen LogP) is 5.70. The van der Waals surface area contributed by atoms with Crippen molar-refractivity contribution in [1.82, 2.24) is 15.0 Å². The number of methoxy groups -OCH3 is 1. The molecule has 0 saturated heterocycles. The molecule has 0 bridgehead atoms. The normalized spacial score (nSPS) is 11.3. The maximum atomic E-state index is 13.6. The molecule has 10 nitrogen and oxygen atoms in total. The predicted molar refractivity (Wildman–Crippen MR) is 153 cm³/mol. The van der Waals surface area contributed by atoms with Crippen molar-refractivity contribution < 1.29 is 26.9 Å². The smallest absolute Gasteiger partial charge is 0.264 e. The molecule has 5 aromatic rings. The van der Waals surface area contributed by atoms with E-state index in [-0.39, 0.29) is 23.2 Å². The number of carbonyl (C=O) groups is 1. The summed E-state index contributed by atoms with van der Waals surface area (Å²) in [5.74, 6) is 0.654. The highest BCUT2D eigenvalue weighted by Crippen LogP contribution is 2.35. The minimum Gasteiger partial charge on any atom is -0.496 e. The molecule has 0 atom stereocenters. The molecule has 0 spiro atoms. The fraction of sp³-hybridized carbons (Fsp3) is 0.167. The van der Waals surface area contributed by atoms with Gasteiger partial charge in [0.15, 0.2) is 0 Å². The van der Waals surface area contributed by atoms with E-state index in [1.807, 2.05) is 6.07 Å². The molecular weight excluding hydrogens is 544 g/mol. The molecule has 210 valence electrons. The molecule has 0 unspecified atom stereocenters. The van der Waals surface area contributed by atoms with Gasteiger partial charge in [-0.15, -0.1) is 0 Å². The first kappa shape index (κ1) is 27.7. The number of nitrogens with zero attached hydrogens (tertiary/aromatic N) is 3. The molecule has 1 amide bonds. The summed E-state index contributed by atoms with van der Waals surface area (Å²) in [6.45, 7) is 3.61. The van der Waals surface area contributed by atoms with Crippen LogP contribution in [0.5, 0.6) is 5.75 Å². The second-order valence-electron chi connectivity index (χ2n) is 9.39. The van der Waals surface area contributed by atoms with Crippen molar-refractivity contribution in [3.8, 4) is 28.3 Å². The van der Waals surface area contributed by atoms with E-state index in [4.69, 9.17) is 13.7 Å². The van der Waals surface area contributed by atoms with Crippen LogP contribution in [0.1, 0.15) is 27.2 Å². The number of ether oxygens (including phenoxy) is 1. The van der Waals surface area contributed by atoms with Gasteiger partial charge in [-0.1, -0.05) is 41.6 Å². The summed E-state index contributed by atoms with van der Waals surface area (Å²) < 4.78 is 45.8. The standard InChI is InChI=1S/C30H28N4O6S/c1-19-20(2)32-40-28(19)33-41(36,37)27-12-8-6-9-24(27)23-14-13-21(29-31-15-16-39-29)17-22(23)18-34(3)30(35)25-10-5-7-11-26(25)38-4/h5-17,33H,18H2,1-4H3. The number of amides is 1. The molecule has 0 saturated carbocycles. The van der Waals surface area contributed by atoms with E-state index in [1.54, 1.807) is 86.6 Å². The molecule has 1 N–H and O–H groups in total. The maximum Gasteiger partial charge on any atom is 0.264 e. The topological polar surface area (TPSA) is 128 Å². The first-order valence-electron chi connectivity index (χ1n) is 12.7. The van der Waals surface area contributed by atoms with E-state index in [9.17, 15) is 13.2 Å². The monoisotopic (exact) mass is 572 g/mol. The Kier molecular flexibility index (Phi) is 7.62. The average molecular weight is 573 g/mol. The summed E-state index contributed by atoms with van der Waals surface area (Å²) in [6.07, 6.45) is 3.02. The molecule has 5 rings (SSSR count). The Morgan fingerprint density at radius 1 is 1.02 bits per heavy atom. The molecule has 41 heavy (non-hydrogen) atoms. The molecule has 2 heterocycles. The Hall–Kier alpha value is -4.90. The largest absolute Gasteiger partial charge is 0.496 e. The quantitative estimate of drug-likeness (QED) is 0.238. The molecule has 0 aliphatic heterocycles. The Labute approximate surface area is 237 Å². The fourth-order valence-corrected chi connectivity index (χ4v) is 5.72. The SMILES string of the molecule is COc1ccccc1C(=O)N(C)Cc1cc(-c2ncco2)ccc1-c1ccccc1S(=O)(=O)Nc1onc(C)c1C. The Morgan fingerprint density at radius 3 is 2.49 bits per heavy atom. The van der Waals surface area contributed by atoms with Gasteiger partial charge in [0.05, 0.1) is 29.5 Å². The van der Waals surface area contributed by atoms with Crippen molar-refractivity contribution >= 4 is 21.8 Å². The van der Waals surface area contributed by atoms with Crippen LogP contribution in [0.3, 0.4) is 0 Å². The van der Waals surface area contributed by atoms with Gasteiger partial charge in [0, 0.05) is 30.3 Å².